The first-order chi connectivity index (χ1) is 12.1. The van der Waals surface area contributed by atoms with Crippen LogP contribution in [0.25, 0.3) is 11.3 Å². The minimum Gasteiger partial charge on any atom is -0.224 e. The predicted octanol–water partition coefficient (Wildman–Crippen LogP) is 4.77. The fourth-order valence-electron chi connectivity index (χ4n) is 1.72. The van der Waals surface area contributed by atoms with Gasteiger partial charge in [0.05, 0.1) is 11.3 Å². The predicted molar refractivity (Wildman–Crippen MR) is 60.0 cm³/mol. The molecule has 0 aliphatic heterocycles. The zero-order valence-electron chi connectivity index (χ0n) is 12.0. The summed E-state index contributed by atoms with van der Waals surface area (Å²) >= 11 is 0. The highest BCUT2D eigenvalue weighted by Crippen LogP contribution is 2.44. The standard InChI is InChI=1S/C12HF12N3/c13-5-4(6(14)8(16)27-7(5)15)2-1-3(10(17,18)12(22,23)24)26-9(25-2)11(19,20)21/h1H. The van der Waals surface area contributed by atoms with Crippen molar-refractivity contribution >= 4 is 0 Å². The van der Waals surface area contributed by atoms with Crippen LogP contribution < -0.4 is 0 Å². The fourth-order valence-corrected chi connectivity index (χ4v) is 1.72. The molecule has 2 heterocycles. The molecule has 0 radical (unpaired) electrons. The third-order valence-corrected chi connectivity index (χ3v) is 2.91. The Hall–Kier alpha value is -2.61. The number of alkyl halides is 8. The van der Waals surface area contributed by atoms with Crippen molar-refractivity contribution in [2.75, 3.05) is 0 Å². The number of hydrogen-bond acceptors (Lipinski definition) is 3. The maximum Gasteiger partial charge on any atom is 0.459 e. The summed E-state index contributed by atoms with van der Waals surface area (Å²) in [6, 6.07) is -0.580. The summed E-state index contributed by atoms with van der Waals surface area (Å²) < 4.78 is 155. The maximum absolute atomic E-state index is 13.6. The Morgan fingerprint density at radius 1 is 0.667 bits per heavy atom. The highest BCUT2D eigenvalue weighted by Gasteiger charge is 2.60. The first-order valence-electron chi connectivity index (χ1n) is 6.19. The molecular formula is C12HF12N3. The molecule has 0 N–H and O–H groups in total. The summed E-state index contributed by atoms with van der Waals surface area (Å²) in [6.07, 6.45) is -12.2. The van der Waals surface area contributed by atoms with Gasteiger partial charge in [-0.1, -0.05) is 0 Å². The lowest BCUT2D eigenvalue weighted by atomic mass is 10.1. The van der Waals surface area contributed by atoms with Crippen molar-refractivity contribution in [2.24, 2.45) is 0 Å². The Bertz CT molecular complexity index is 860. The molecule has 148 valence electrons. The Morgan fingerprint density at radius 2 is 1.15 bits per heavy atom. The van der Waals surface area contributed by atoms with Crippen molar-refractivity contribution in [3.05, 3.63) is 41.1 Å². The number of nitrogens with zero attached hydrogens (tertiary/aromatic N) is 3. The van der Waals surface area contributed by atoms with Crippen molar-refractivity contribution in [1.29, 1.82) is 0 Å². The van der Waals surface area contributed by atoms with Crippen LogP contribution in [-0.4, -0.2) is 21.1 Å². The number of rotatable bonds is 2. The Balaban J connectivity index is 2.90. The molecule has 27 heavy (non-hydrogen) atoms. The maximum atomic E-state index is 13.6. The molecule has 0 atom stereocenters. The third-order valence-electron chi connectivity index (χ3n) is 2.91. The third kappa shape index (κ3) is 3.62. The molecular weight excluding hydrogens is 414 g/mol. The van der Waals surface area contributed by atoms with E-state index >= 15 is 0 Å². The van der Waals surface area contributed by atoms with E-state index < -0.39 is 70.6 Å². The van der Waals surface area contributed by atoms with Crippen LogP contribution in [-0.2, 0) is 12.1 Å². The summed E-state index contributed by atoms with van der Waals surface area (Å²) in [6.45, 7) is 0. The highest BCUT2D eigenvalue weighted by atomic mass is 19.4. The van der Waals surface area contributed by atoms with Gasteiger partial charge in [0.1, 0.15) is 5.69 Å². The molecule has 0 spiro atoms. The van der Waals surface area contributed by atoms with Gasteiger partial charge in [-0.15, -0.1) is 0 Å². The van der Waals surface area contributed by atoms with Crippen LogP contribution in [0.15, 0.2) is 6.07 Å². The van der Waals surface area contributed by atoms with Gasteiger partial charge in [-0.05, 0) is 6.07 Å². The van der Waals surface area contributed by atoms with Crippen LogP contribution in [0.1, 0.15) is 11.5 Å². The second kappa shape index (κ2) is 6.23. The minimum absolute atomic E-state index is 0.580. The second-order valence-corrected chi connectivity index (χ2v) is 4.73. The van der Waals surface area contributed by atoms with Crippen molar-refractivity contribution < 1.29 is 52.7 Å². The van der Waals surface area contributed by atoms with Crippen LogP contribution in [0.4, 0.5) is 52.7 Å². The molecule has 2 rings (SSSR count). The SMILES string of the molecule is Fc1nc(F)c(F)c(-c2cc(C(F)(F)C(F)(F)F)nc(C(F)(F)F)n2)c1F. The zero-order chi connectivity index (χ0) is 20.9. The van der Waals surface area contributed by atoms with E-state index in [1.807, 2.05) is 4.98 Å². The quantitative estimate of drug-likeness (QED) is 0.524. The van der Waals surface area contributed by atoms with Crippen LogP contribution in [0.5, 0.6) is 0 Å². The largest absolute Gasteiger partial charge is 0.459 e. The Kier molecular flexibility index (Phi) is 4.77. The number of aromatic nitrogens is 3. The average Bonchev–Trinajstić information content (AvgIpc) is 2.51. The van der Waals surface area contributed by atoms with Crippen LogP contribution in [0, 0.1) is 23.5 Å². The van der Waals surface area contributed by atoms with Gasteiger partial charge in [0.2, 0.25) is 5.82 Å². The molecule has 0 aliphatic rings. The lowest BCUT2D eigenvalue weighted by Crippen LogP contribution is -2.35. The van der Waals surface area contributed by atoms with Crippen molar-refractivity contribution in [3.8, 4) is 11.3 Å². The van der Waals surface area contributed by atoms with E-state index in [1.165, 1.54) is 0 Å². The Labute approximate surface area is 139 Å². The molecule has 15 heteroatoms. The highest BCUT2D eigenvalue weighted by molar-refractivity contribution is 5.61. The zero-order valence-corrected chi connectivity index (χ0v) is 12.0. The molecule has 0 bridgehead atoms. The molecule has 0 aliphatic carbocycles. The molecule has 0 fully saturated rings. The van der Waals surface area contributed by atoms with E-state index in [2.05, 4.69) is 9.97 Å². The van der Waals surface area contributed by atoms with Crippen molar-refractivity contribution in [2.45, 2.75) is 18.3 Å². The molecule has 0 saturated heterocycles. The summed E-state index contributed by atoms with van der Waals surface area (Å²) in [4.78, 5) is 6.48. The smallest absolute Gasteiger partial charge is 0.224 e. The van der Waals surface area contributed by atoms with Crippen LogP contribution in [0.2, 0.25) is 0 Å². The van der Waals surface area contributed by atoms with E-state index in [4.69, 9.17) is 0 Å². The molecule has 3 nitrogen and oxygen atoms in total. The summed E-state index contributed by atoms with van der Waals surface area (Å²) in [5.74, 6) is -18.4. The van der Waals surface area contributed by atoms with Crippen LogP contribution in [0.3, 0.4) is 0 Å². The number of hydrogen-bond donors (Lipinski definition) is 0. The normalized spacial score (nSPS) is 13.2. The van der Waals surface area contributed by atoms with E-state index in [-0.39, 0.29) is 0 Å². The van der Waals surface area contributed by atoms with Crippen molar-refractivity contribution in [1.82, 2.24) is 15.0 Å². The molecule has 0 saturated carbocycles. The lowest BCUT2D eigenvalue weighted by molar-refractivity contribution is -0.291. The topological polar surface area (TPSA) is 38.7 Å². The van der Waals surface area contributed by atoms with Crippen molar-refractivity contribution in [3.63, 3.8) is 0 Å². The van der Waals surface area contributed by atoms with Gasteiger partial charge in [0, 0.05) is 0 Å². The summed E-state index contributed by atoms with van der Waals surface area (Å²) in [5.41, 5.74) is -6.64. The van der Waals surface area contributed by atoms with Gasteiger partial charge >= 0.3 is 18.3 Å². The lowest BCUT2D eigenvalue weighted by Gasteiger charge is -2.20. The molecule has 2 aromatic rings. The molecule has 0 aromatic carbocycles. The number of pyridine rings is 1. The van der Waals surface area contributed by atoms with Gasteiger partial charge in [0.25, 0.3) is 11.9 Å². The fraction of sp³-hybridized carbons (Fsp3) is 0.250. The Morgan fingerprint density at radius 3 is 1.56 bits per heavy atom. The van der Waals surface area contributed by atoms with Crippen LogP contribution >= 0.6 is 0 Å². The molecule has 2 aromatic heterocycles. The number of halogens is 12. The minimum atomic E-state index is -6.45. The van der Waals surface area contributed by atoms with E-state index in [0.717, 1.165) is 0 Å². The first kappa shape index (κ1) is 20.7. The van der Waals surface area contributed by atoms with Gasteiger partial charge in [-0.3, -0.25) is 0 Å². The van der Waals surface area contributed by atoms with E-state index in [0.29, 0.717) is 0 Å². The van der Waals surface area contributed by atoms with Gasteiger partial charge in [-0.25, -0.2) is 18.7 Å². The summed E-state index contributed by atoms with van der Waals surface area (Å²) in [5, 5.41) is 0. The molecule has 0 amide bonds. The van der Waals surface area contributed by atoms with Gasteiger partial charge < -0.3 is 0 Å². The summed E-state index contributed by atoms with van der Waals surface area (Å²) in [7, 11) is 0. The van der Waals surface area contributed by atoms with Gasteiger partial charge in [-0.2, -0.15) is 48.9 Å². The van der Waals surface area contributed by atoms with Gasteiger partial charge in [0.15, 0.2) is 11.6 Å². The molecule has 0 unspecified atom stereocenters. The van der Waals surface area contributed by atoms with E-state index in [1.54, 1.807) is 0 Å². The average molecular weight is 415 g/mol. The second-order valence-electron chi connectivity index (χ2n) is 4.73. The van der Waals surface area contributed by atoms with E-state index in [9.17, 15) is 52.7 Å². The monoisotopic (exact) mass is 415 g/mol. The first-order valence-corrected chi connectivity index (χ1v) is 6.19.